The van der Waals surface area contributed by atoms with E-state index in [-0.39, 0.29) is 0 Å². The van der Waals surface area contributed by atoms with Crippen LogP contribution in [0.1, 0.15) is 23.1 Å². The molecule has 1 atom stereocenters. The van der Waals surface area contributed by atoms with Gasteiger partial charge in [-0.1, -0.05) is 22.0 Å². The zero-order chi connectivity index (χ0) is 12.4. The number of imidazole rings is 1. The van der Waals surface area contributed by atoms with Crippen LogP contribution >= 0.6 is 15.9 Å². The summed E-state index contributed by atoms with van der Waals surface area (Å²) in [6.45, 7) is 2.00. The molecule has 90 valence electrons. The van der Waals surface area contributed by atoms with Gasteiger partial charge in [-0.15, -0.1) is 0 Å². The second-order valence-electron chi connectivity index (χ2n) is 4.18. The van der Waals surface area contributed by atoms with Gasteiger partial charge in [-0.05, 0) is 30.2 Å². The molecule has 1 aromatic carbocycles. The number of hydrogen-bond acceptors (Lipinski definition) is 2. The second-order valence-corrected chi connectivity index (χ2v) is 5.09. The summed E-state index contributed by atoms with van der Waals surface area (Å²) in [5.41, 5.74) is 2.04. The fourth-order valence-corrected chi connectivity index (χ4v) is 2.36. The third-order valence-corrected chi connectivity index (χ3v) is 3.38. The van der Waals surface area contributed by atoms with Crippen molar-refractivity contribution >= 4 is 15.9 Å². The van der Waals surface area contributed by atoms with E-state index in [2.05, 4.69) is 20.9 Å². The van der Waals surface area contributed by atoms with Crippen LogP contribution in [0.25, 0.3) is 0 Å². The van der Waals surface area contributed by atoms with Crippen molar-refractivity contribution in [3.63, 3.8) is 0 Å². The number of aliphatic hydroxyl groups excluding tert-OH is 1. The zero-order valence-electron chi connectivity index (χ0n) is 9.89. The molecule has 0 amide bonds. The smallest absolute Gasteiger partial charge is 0.111 e. The summed E-state index contributed by atoms with van der Waals surface area (Å²) in [7, 11) is 1.93. The van der Waals surface area contributed by atoms with Crippen molar-refractivity contribution in [2.24, 2.45) is 7.05 Å². The lowest BCUT2D eigenvalue weighted by Gasteiger charge is -2.13. The summed E-state index contributed by atoms with van der Waals surface area (Å²) in [5.74, 6) is 0.889. The third kappa shape index (κ3) is 2.76. The first-order valence-corrected chi connectivity index (χ1v) is 6.27. The van der Waals surface area contributed by atoms with E-state index in [1.54, 1.807) is 6.20 Å². The van der Waals surface area contributed by atoms with Gasteiger partial charge in [-0.3, -0.25) is 0 Å². The van der Waals surface area contributed by atoms with Gasteiger partial charge in [-0.2, -0.15) is 0 Å². The quantitative estimate of drug-likeness (QED) is 0.945. The van der Waals surface area contributed by atoms with Crippen LogP contribution in [-0.2, 0) is 13.5 Å². The molecule has 1 heterocycles. The lowest BCUT2D eigenvalue weighted by molar-refractivity contribution is 0.174. The van der Waals surface area contributed by atoms with E-state index in [1.165, 1.54) is 0 Å². The summed E-state index contributed by atoms with van der Waals surface area (Å²) in [6, 6.07) is 5.91. The average Bonchev–Trinajstić information content (AvgIpc) is 2.64. The van der Waals surface area contributed by atoms with E-state index in [9.17, 15) is 5.11 Å². The van der Waals surface area contributed by atoms with Crippen LogP contribution in [0.2, 0.25) is 0 Å². The van der Waals surface area contributed by atoms with Gasteiger partial charge in [0.15, 0.2) is 0 Å². The second kappa shape index (κ2) is 5.02. The maximum Gasteiger partial charge on any atom is 0.111 e. The van der Waals surface area contributed by atoms with Gasteiger partial charge in [0.05, 0.1) is 6.10 Å². The number of nitrogens with zero attached hydrogens (tertiary/aromatic N) is 2. The molecule has 17 heavy (non-hydrogen) atoms. The van der Waals surface area contributed by atoms with Crippen molar-refractivity contribution in [2.45, 2.75) is 19.4 Å². The molecule has 1 N–H and O–H groups in total. The Morgan fingerprint density at radius 2 is 2.24 bits per heavy atom. The molecule has 0 saturated carbocycles. The van der Waals surface area contributed by atoms with Crippen LogP contribution in [-0.4, -0.2) is 14.7 Å². The Morgan fingerprint density at radius 1 is 1.47 bits per heavy atom. The monoisotopic (exact) mass is 294 g/mol. The van der Waals surface area contributed by atoms with Gasteiger partial charge in [0.25, 0.3) is 0 Å². The molecule has 0 fully saturated rings. The molecule has 3 nitrogen and oxygen atoms in total. The summed E-state index contributed by atoms with van der Waals surface area (Å²) < 4.78 is 2.96. The summed E-state index contributed by atoms with van der Waals surface area (Å²) in [4.78, 5) is 4.22. The summed E-state index contributed by atoms with van der Waals surface area (Å²) >= 11 is 3.42. The van der Waals surface area contributed by atoms with Crippen LogP contribution in [0.15, 0.2) is 35.1 Å². The molecular weight excluding hydrogens is 280 g/mol. The minimum absolute atomic E-state index is 0.510. The summed E-state index contributed by atoms with van der Waals surface area (Å²) in [6.07, 6.45) is 3.66. The minimum atomic E-state index is -0.510. The third-order valence-electron chi connectivity index (χ3n) is 2.89. The maximum atomic E-state index is 10.2. The molecule has 0 spiro atoms. The molecular formula is C13H15BrN2O. The topological polar surface area (TPSA) is 38.1 Å². The first-order valence-electron chi connectivity index (χ1n) is 5.48. The van der Waals surface area contributed by atoms with Crippen molar-refractivity contribution in [1.82, 2.24) is 9.55 Å². The van der Waals surface area contributed by atoms with E-state index in [0.717, 1.165) is 21.4 Å². The molecule has 1 unspecified atom stereocenters. The Morgan fingerprint density at radius 3 is 2.82 bits per heavy atom. The molecule has 4 heteroatoms. The van der Waals surface area contributed by atoms with Crippen molar-refractivity contribution < 1.29 is 5.11 Å². The van der Waals surface area contributed by atoms with Gasteiger partial charge < -0.3 is 9.67 Å². The van der Waals surface area contributed by atoms with E-state index in [1.807, 2.05) is 42.9 Å². The number of aromatic nitrogens is 2. The van der Waals surface area contributed by atoms with E-state index in [0.29, 0.717) is 6.42 Å². The van der Waals surface area contributed by atoms with Crippen LogP contribution in [0.5, 0.6) is 0 Å². The highest BCUT2D eigenvalue weighted by atomic mass is 79.9. The van der Waals surface area contributed by atoms with Gasteiger partial charge in [0, 0.05) is 30.3 Å². The largest absolute Gasteiger partial charge is 0.388 e. The first kappa shape index (κ1) is 12.3. The fourth-order valence-electron chi connectivity index (χ4n) is 1.89. The van der Waals surface area contributed by atoms with Gasteiger partial charge >= 0.3 is 0 Å². The van der Waals surface area contributed by atoms with Crippen LogP contribution in [0, 0.1) is 6.92 Å². The number of hydrogen-bond donors (Lipinski definition) is 1. The maximum absolute atomic E-state index is 10.2. The van der Waals surface area contributed by atoms with Crippen molar-refractivity contribution in [2.75, 3.05) is 0 Å². The lowest BCUT2D eigenvalue weighted by atomic mass is 10.0. The molecule has 0 bridgehead atoms. The summed E-state index contributed by atoms with van der Waals surface area (Å²) in [5, 5.41) is 10.2. The van der Waals surface area contributed by atoms with E-state index in [4.69, 9.17) is 0 Å². The van der Waals surface area contributed by atoms with Crippen molar-refractivity contribution in [3.8, 4) is 0 Å². The van der Waals surface area contributed by atoms with Crippen LogP contribution in [0.4, 0.5) is 0 Å². The molecule has 2 aromatic rings. The highest BCUT2D eigenvalue weighted by molar-refractivity contribution is 9.10. The Hall–Kier alpha value is -1.13. The number of aliphatic hydroxyl groups is 1. The Balaban J connectivity index is 2.20. The Labute approximate surface area is 109 Å². The number of halogens is 1. The highest BCUT2D eigenvalue weighted by Gasteiger charge is 2.13. The van der Waals surface area contributed by atoms with Crippen LogP contribution in [0.3, 0.4) is 0 Å². The predicted octanol–water partition coefficient (Wildman–Crippen LogP) is 2.77. The first-order chi connectivity index (χ1) is 8.08. The molecule has 2 rings (SSSR count). The number of rotatable bonds is 3. The molecule has 0 aliphatic carbocycles. The van der Waals surface area contributed by atoms with Crippen LogP contribution < -0.4 is 0 Å². The van der Waals surface area contributed by atoms with Crippen molar-refractivity contribution in [1.29, 1.82) is 0 Å². The zero-order valence-corrected chi connectivity index (χ0v) is 11.5. The Bertz CT molecular complexity index is 522. The average molecular weight is 295 g/mol. The Kier molecular flexibility index (Phi) is 3.64. The molecule has 1 aromatic heterocycles. The number of aryl methyl sites for hydroxylation is 2. The van der Waals surface area contributed by atoms with Gasteiger partial charge in [0.1, 0.15) is 5.82 Å². The van der Waals surface area contributed by atoms with E-state index < -0.39 is 6.10 Å². The lowest BCUT2D eigenvalue weighted by Crippen LogP contribution is -2.08. The normalized spacial score (nSPS) is 12.7. The predicted molar refractivity (Wildman–Crippen MR) is 70.8 cm³/mol. The molecule has 0 radical (unpaired) electrons. The fraction of sp³-hybridized carbons (Fsp3) is 0.308. The highest BCUT2D eigenvalue weighted by Crippen LogP contribution is 2.23. The molecule has 0 aliphatic rings. The molecule has 0 aliphatic heterocycles. The minimum Gasteiger partial charge on any atom is -0.388 e. The van der Waals surface area contributed by atoms with Crippen molar-refractivity contribution in [3.05, 3.63) is 52.0 Å². The van der Waals surface area contributed by atoms with E-state index >= 15 is 0 Å². The van der Waals surface area contributed by atoms with Gasteiger partial charge in [-0.25, -0.2) is 4.98 Å². The van der Waals surface area contributed by atoms with Gasteiger partial charge in [0.2, 0.25) is 0 Å². The SMILES string of the molecule is Cc1cc(Br)ccc1C(O)Cc1nccn1C. The number of benzene rings is 1. The standard InChI is InChI=1S/C13H15BrN2O/c1-9-7-10(14)3-4-11(9)12(17)8-13-15-5-6-16(13)2/h3-7,12,17H,8H2,1-2H3. The molecule has 0 saturated heterocycles.